The average Bonchev–Trinajstić information content (AvgIpc) is 2.95. The summed E-state index contributed by atoms with van der Waals surface area (Å²) in [4.78, 5) is 12.6. The van der Waals surface area contributed by atoms with Crippen LogP contribution in [0.1, 0.15) is 62.7 Å². The van der Waals surface area contributed by atoms with Crippen molar-refractivity contribution in [1.29, 1.82) is 0 Å². The van der Waals surface area contributed by atoms with Gasteiger partial charge in [-0.3, -0.25) is 0 Å². The topological polar surface area (TPSA) is 46.5 Å². The fourth-order valence-electron chi connectivity index (χ4n) is 7.50. The molecule has 3 nitrogen and oxygen atoms in total. The maximum absolute atomic E-state index is 12.6. The highest BCUT2D eigenvalue weighted by Crippen LogP contribution is 2.66. The SMILES string of the molecule is C=C1C(=C)[C@H]2[C@@H]3CC=C4CC(OC(=O)c5ccccc5)CC[C@]4(C)[C@@H]3CC[C@]2(C)C1O. The van der Waals surface area contributed by atoms with Crippen LogP contribution in [0.5, 0.6) is 0 Å². The lowest BCUT2D eigenvalue weighted by Gasteiger charge is -2.57. The normalized spacial score (nSPS) is 41.6. The molecule has 0 spiro atoms. The van der Waals surface area contributed by atoms with Crippen LogP contribution in [0.3, 0.4) is 0 Å². The molecule has 0 bridgehead atoms. The van der Waals surface area contributed by atoms with Gasteiger partial charge in [-0.05, 0) is 78.6 Å². The van der Waals surface area contributed by atoms with E-state index in [4.69, 9.17) is 4.74 Å². The predicted octanol–water partition coefficient (Wildman–Crippen LogP) is 5.87. The summed E-state index contributed by atoms with van der Waals surface area (Å²) >= 11 is 0. The zero-order chi connectivity index (χ0) is 22.0. The molecule has 1 N–H and O–H groups in total. The number of hydrogen-bond donors (Lipinski definition) is 1. The number of allylic oxidation sites excluding steroid dienone is 1. The second-order valence-electron chi connectivity index (χ2n) is 10.8. The van der Waals surface area contributed by atoms with Crippen LogP contribution in [-0.4, -0.2) is 23.3 Å². The first-order valence-corrected chi connectivity index (χ1v) is 11.8. The fourth-order valence-corrected chi connectivity index (χ4v) is 7.50. The number of ether oxygens (including phenoxy) is 1. The van der Waals surface area contributed by atoms with E-state index in [0.29, 0.717) is 23.3 Å². The Morgan fingerprint density at radius 2 is 1.84 bits per heavy atom. The molecule has 1 aromatic rings. The van der Waals surface area contributed by atoms with E-state index < -0.39 is 6.10 Å². The smallest absolute Gasteiger partial charge is 0.338 e. The number of rotatable bonds is 2. The molecule has 164 valence electrons. The van der Waals surface area contributed by atoms with Crippen LogP contribution in [-0.2, 0) is 4.74 Å². The van der Waals surface area contributed by atoms with E-state index in [1.54, 1.807) is 0 Å². The van der Waals surface area contributed by atoms with Crippen LogP contribution in [0.25, 0.3) is 0 Å². The van der Waals surface area contributed by atoms with Gasteiger partial charge in [-0.15, -0.1) is 0 Å². The number of aliphatic hydroxyl groups excluding tert-OH is 1. The van der Waals surface area contributed by atoms with Crippen LogP contribution in [0.15, 0.2) is 66.3 Å². The fraction of sp³-hybridized carbons (Fsp3) is 0.536. The molecular weight excluding hydrogens is 384 g/mol. The highest BCUT2D eigenvalue weighted by molar-refractivity contribution is 5.89. The van der Waals surface area contributed by atoms with Crippen molar-refractivity contribution in [3.8, 4) is 0 Å². The summed E-state index contributed by atoms with van der Waals surface area (Å²) in [6.07, 6.45) is 7.91. The molecule has 0 aromatic heterocycles. The minimum Gasteiger partial charge on any atom is -0.458 e. The molecule has 0 heterocycles. The molecule has 31 heavy (non-hydrogen) atoms. The maximum Gasteiger partial charge on any atom is 0.338 e. The van der Waals surface area contributed by atoms with Crippen LogP contribution in [0, 0.1) is 28.6 Å². The Labute approximate surface area is 185 Å². The van der Waals surface area contributed by atoms with E-state index >= 15 is 0 Å². The Kier molecular flexibility index (Phi) is 4.82. The van der Waals surface area contributed by atoms with Crippen LogP contribution < -0.4 is 0 Å². The van der Waals surface area contributed by atoms with Crippen LogP contribution in [0.2, 0.25) is 0 Å². The Bertz CT molecular complexity index is 960. The van der Waals surface area contributed by atoms with Gasteiger partial charge in [0.15, 0.2) is 0 Å². The molecule has 7 atom stereocenters. The third kappa shape index (κ3) is 3.00. The first-order chi connectivity index (χ1) is 14.8. The second kappa shape index (κ2) is 7.20. The number of hydrogen-bond acceptors (Lipinski definition) is 3. The third-order valence-electron chi connectivity index (χ3n) is 9.30. The molecule has 1 aromatic carbocycles. The van der Waals surface area contributed by atoms with Gasteiger partial charge in [0, 0.05) is 11.8 Å². The van der Waals surface area contributed by atoms with Crippen LogP contribution >= 0.6 is 0 Å². The van der Waals surface area contributed by atoms with Crippen molar-refractivity contribution in [2.45, 2.75) is 64.6 Å². The highest BCUT2D eigenvalue weighted by Gasteiger charge is 2.60. The van der Waals surface area contributed by atoms with E-state index in [-0.39, 0.29) is 22.9 Å². The Morgan fingerprint density at radius 1 is 1.10 bits per heavy atom. The van der Waals surface area contributed by atoms with E-state index in [2.05, 4.69) is 33.1 Å². The summed E-state index contributed by atoms with van der Waals surface area (Å²) in [7, 11) is 0. The number of benzene rings is 1. The summed E-state index contributed by atoms with van der Waals surface area (Å²) in [5, 5.41) is 10.9. The van der Waals surface area contributed by atoms with E-state index in [1.165, 1.54) is 5.57 Å². The summed E-state index contributed by atoms with van der Waals surface area (Å²) < 4.78 is 5.90. The van der Waals surface area contributed by atoms with E-state index in [1.807, 2.05) is 30.3 Å². The quantitative estimate of drug-likeness (QED) is 0.483. The number of aliphatic hydroxyl groups is 1. The lowest BCUT2D eigenvalue weighted by atomic mass is 9.47. The van der Waals surface area contributed by atoms with Crippen molar-refractivity contribution in [1.82, 2.24) is 0 Å². The largest absolute Gasteiger partial charge is 0.458 e. The third-order valence-corrected chi connectivity index (χ3v) is 9.30. The van der Waals surface area contributed by atoms with Crippen LogP contribution in [0.4, 0.5) is 0 Å². The van der Waals surface area contributed by atoms with Crippen molar-refractivity contribution in [3.63, 3.8) is 0 Å². The van der Waals surface area contributed by atoms with E-state index in [9.17, 15) is 9.90 Å². The Balaban J connectivity index is 1.36. The molecule has 4 aliphatic rings. The molecule has 3 saturated carbocycles. The maximum atomic E-state index is 12.6. The zero-order valence-corrected chi connectivity index (χ0v) is 18.8. The Hall–Kier alpha value is -2.13. The molecule has 0 saturated heterocycles. The molecule has 3 heteroatoms. The van der Waals surface area contributed by atoms with Gasteiger partial charge in [-0.25, -0.2) is 4.79 Å². The van der Waals surface area contributed by atoms with Gasteiger partial charge in [-0.2, -0.15) is 0 Å². The molecular formula is C28H34O3. The first kappa shape index (κ1) is 20.8. The van der Waals surface area contributed by atoms with Crippen molar-refractivity contribution in [3.05, 3.63) is 71.8 Å². The van der Waals surface area contributed by atoms with Crippen molar-refractivity contribution in [2.75, 3.05) is 0 Å². The minimum atomic E-state index is -0.461. The van der Waals surface area contributed by atoms with Gasteiger partial charge in [0.1, 0.15) is 6.10 Å². The summed E-state index contributed by atoms with van der Waals surface area (Å²) in [5.74, 6) is 1.20. The molecule has 4 aliphatic carbocycles. The lowest BCUT2D eigenvalue weighted by molar-refractivity contribution is -0.0627. The number of esters is 1. The molecule has 0 amide bonds. The van der Waals surface area contributed by atoms with Crippen molar-refractivity contribution < 1.29 is 14.6 Å². The lowest BCUT2D eigenvalue weighted by Crippen LogP contribution is -2.51. The van der Waals surface area contributed by atoms with Gasteiger partial charge in [0.25, 0.3) is 0 Å². The van der Waals surface area contributed by atoms with Gasteiger partial charge in [0.2, 0.25) is 0 Å². The van der Waals surface area contributed by atoms with Crippen molar-refractivity contribution >= 4 is 5.97 Å². The highest BCUT2D eigenvalue weighted by atomic mass is 16.5. The first-order valence-electron chi connectivity index (χ1n) is 11.8. The minimum absolute atomic E-state index is 0.0412. The molecule has 5 rings (SSSR count). The summed E-state index contributed by atoms with van der Waals surface area (Å²) in [5.41, 5.74) is 4.05. The Morgan fingerprint density at radius 3 is 2.58 bits per heavy atom. The molecule has 2 unspecified atom stereocenters. The monoisotopic (exact) mass is 418 g/mol. The molecule has 0 aliphatic heterocycles. The molecule has 0 radical (unpaired) electrons. The zero-order valence-electron chi connectivity index (χ0n) is 18.8. The molecule has 3 fully saturated rings. The summed E-state index contributed by atoms with van der Waals surface area (Å²) in [6.45, 7) is 13.2. The average molecular weight is 419 g/mol. The van der Waals surface area contributed by atoms with E-state index in [0.717, 1.165) is 49.7 Å². The van der Waals surface area contributed by atoms with Gasteiger partial charge >= 0.3 is 5.97 Å². The number of carbonyl (C=O) groups is 1. The van der Waals surface area contributed by atoms with Gasteiger partial charge < -0.3 is 9.84 Å². The predicted molar refractivity (Wildman–Crippen MR) is 122 cm³/mol. The van der Waals surface area contributed by atoms with Crippen molar-refractivity contribution in [2.24, 2.45) is 28.6 Å². The van der Waals surface area contributed by atoms with Gasteiger partial charge in [0.05, 0.1) is 11.7 Å². The van der Waals surface area contributed by atoms with Gasteiger partial charge in [-0.1, -0.05) is 56.9 Å². The second-order valence-corrected chi connectivity index (χ2v) is 10.8. The number of carbonyl (C=O) groups excluding carboxylic acids is 1. The number of fused-ring (bicyclic) bond motifs is 5. The summed E-state index contributed by atoms with van der Waals surface area (Å²) in [6, 6.07) is 9.29. The standard InChI is InChI=1S/C28H34O3/c1-17-18(2)25(29)28(4)15-13-23-22(24(17)28)11-10-20-16-21(12-14-27(20,23)3)31-26(30)19-8-6-5-7-9-19/h5-10,21-25,29H,1-2,11-16H2,3-4H3/t21?,22-,23-,24+,25?,27+,28+/m1/s1.